The maximum Gasteiger partial charge on any atom is 0.274 e. The van der Waals surface area contributed by atoms with E-state index in [2.05, 4.69) is 36.0 Å². The maximum atomic E-state index is 13.0. The molecule has 0 bridgehead atoms. The predicted octanol–water partition coefficient (Wildman–Crippen LogP) is 4.69. The average Bonchev–Trinajstić information content (AvgIpc) is 3.01. The standard InChI is InChI=1S/C22H28N4O/c1-5-8-19-21(26-14-13-16(4)15-20(26)24-19)22(27)23-17-9-11-18(12-10-17)25(6-2)7-3/h9-15H,5-8H2,1-4H3,(H,23,27). The van der Waals surface area contributed by atoms with Gasteiger partial charge in [-0.15, -0.1) is 0 Å². The number of fused-ring (bicyclic) bond motifs is 1. The summed E-state index contributed by atoms with van der Waals surface area (Å²) in [5.41, 5.74) is 5.38. The third kappa shape index (κ3) is 3.97. The molecule has 27 heavy (non-hydrogen) atoms. The summed E-state index contributed by atoms with van der Waals surface area (Å²) in [5, 5.41) is 3.03. The molecular weight excluding hydrogens is 336 g/mol. The summed E-state index contributed by atoms with van der Waals surface area (Å²) in [5.74, 6) is -0.120. The smallest absolute Gasteiger partial charge is 0.274 e. The van der Waals surface area contributed by atoms with Crippen LogP contribution in [0.5, 0.6) is 0 Å². The van der Waals surface area contributed by atoms with Crippen molar-refractivity contribution in [2.75, 3.05) is 23.3 Å². The van der Waals surface area contributed by atoms with Gasteiger partial charge in [-0.05, 0) is 69.2 Å². The number of imidazole rings is 1. The van der Waals surface area contributed by atoms with Crippen molar-refractivity contribution >= 4 is 22.9 Å². The molecule has 0 aliphatic heterocycles. The molecule has 1 N–H and O–H groups in total. The van der Waals surface area contributed by atoms with Gasteiger partial charge in [0.1, 0.15) is 11.3 Å². The average molecular weight is 364 g/mol. The number of aromatic nitrogens is 2. The van der Waals surface area contributed by atoms with Crippen LogP contribution < -0.4 is 10.2 Å². The Morgan fingerprint density at radius 1 is 1.11 bits per heavy atom. The first-order valence-corrected chi connectivity index (χ1v) is 9.71. The Labute approximate surface area is 161 Å². The minimum absolute atomic E-state index is 0.120. The highest BCUT2D eigenvalue weighted by molar-refractivity contribution is 6.04. The zero-order chi connectivity index (χ0) is 19.4. The molecule has 142 valence electrons. The molecule has 0 atom stereocenters. The summed E-state index contributed by atoms with van der Waals surface area (Å²) >= 11 is 0. The largest absolute Gasteiger partial charge is 0.372 e. The molecule has 0 aliphatic carbocycles. The molecule has 5 nitrogen and oxygen atoms in total. The number of carbonyl (C=O) groups excluding carboxylic acids is 1. The van der Waals surface area contributed by atoms with E-state index in [-0.39, 0.29) is 5.91 Å². The van der Waals surface area contributed by atoms with E-state index < -0.39 is 0 Å². The summed E-state index contributed by atoms with van der Waals surface area (Å²) in [6.07, 6.45) is 3.65. The molecule has 3 aromatic rings. The van der Waals surface area contributed by atoms with Crippen molar-refractivity contribution in [3.05, 3.63) is 59.5 Å². The molecule has 0 aliphatic rings. The minimum atomic E-state index is -0.120. The van der Waals surface area contributed by atoms with Crippen LogP contribution >= 0.6 is 0 Å². The molecule has 0 spiro atoms. The predicted molar refractivity (Wildman–Crippen MR) is 112 cm³/mol. The lowest BCUT2D eigenvalue weighted by Crippen LogP contribution is -2.21. The number of pyridine rings is 1. The van der Waals surface area contributed by atoms with E-state index in [1.165, 1.54) is 0 Å². The van der Waals surface area contributed by atoms with Gasteiger partial charge < -0.3 is 10.2 Å². The van der Waals surface area contributed by atoms with Gasteiger partial charge >= 0.3 is 0 Å². The molecule has 1 aromatic carbocycles. The Morgan fingerprint density at radius 3 is 2.44 bits per heavy atom. The number of hydrogen-bond acceptors (Lipinski definition) is 3. The third-order valence-corrected chi connectivity index (χ3v) is 4.81. The Hall–Kier alpha value is -2.82. The lowest BCUT2D eigenvalue weighted by Gasteiger charge is -2.21. The number of benzene rings is 1. The van der Waals surface area contributed by atoms with Crippen LogP contribution in [0.15, 0.2) is 42.6 Å². The van der Waals surface area contributed by atoms with Gasteiger partial charge in [0.05, 0.1) is 5.69 Å². The topological polar surface area (TPSA) is 49.6 Å². The number of aryl methyl sites for hydroxylation is 2. The van der Waals surface area contributed by atoms with Crippen LogP contribution in [0.25, 0.3) is 5.65 Å². The van der Waals surface area contributed by atoms with Crippen LogP contribution in [-0.2, 0) is 6.42 Å². The molecule has 2 heterocycles. The number of nitrogens with zero attached hydrogens (tertiary/aromatic N) is 3. The van der Waals surface area contributed by atoms with Crippen molar-refractivity contribution in [2.24, 2.45) is 0 Å². The van der Waals surface area contributed by atoms with Crippen LogP contribution in [0.1, 0.15) is 48.9 Å². The number of rotatable bonds is 7. The fourth-order valence-electron chi connectivity index (χ4n) is 3.38. The highest BCUT2D eigenvalue weighted by Crippen LogP contribution is 2.20. The van der Waals surface area contributed by atoms with Crippen molar-refractivity contribution in [1.29, 1.82) is 0 Å². The first-order chi connectivity index (χ1) is 13.1. The van der Waals surface area contributed by atoms with Gasteiger partial charge in [-0.3, -0.25) is 9.20 Å². The van der Waals surface area contributed by atoms with E-state index >= 15 is 0 Å². The van der Waals surface area contributed by atoms with Crippen molar-refractivity contribution in [3.63, 3.8) is 0 Å². The normalized spacial score (nSPS) is 11.0. The Morgan fingerprint density at radius 2 is 1.81 bits per heavy atom. The summed E-state index contributed by atoms with van der Waals surface area (Å²) < 4.78 is 1.89. The van der Waals surface area contributed by atoms with E-state index in [1.54, 1.807) is 0 Å². The fraction of sp³-hybridized carbons (Fsp3) is 0.364. The number of anilines is 2. The zero-order valence-electron chi connectivity index (χ0n) is 16.6. The molecule has 1 amide bonds. The molecular formula is C22H28N4O. The molecule has 0 saturated heterocycles. The van der Waals surface area contributed by atoms with Crippen molar-refractivity contribution in [3.8, 4) is 0 Å². The van der Waals surface area contributed by atoms with E-state index in [1.807, 2.05) is 53.9 Å². The summed E-state index contributed by atoms with van der Waals surface area (Å²) in [6.45, 7) is 10.3. The highest BCUT2D eigenvalue weighted by atomic mass is 16.2. The van der Waals surface area contributed by atoms with Gasteiger partial charge in [0.25, 0.3) is 5.91 Å². The van der Waals surface area contributed by atoms with E-state index in [4.69, 9.17) is 0 Å². The molecule has 5 heteroatoms. The van der Waals surface area contributed by atoms with Crippen molar-refractivity contribution in [1.82, 2.24) is 9.38 Å². The van der Waals surface area contributed by atoms with Crippen LogP contribution in [0.4, 0.5) is 11.4 Å². The van der Waals surface area contributed by atoms with Gasteiger partial charge in [-0.25, -0.2) is 4.98 Å². The summed E-state index contributed by atoms with van der Waals surface area (Å²) in [7, 11) is 0. The number of amides is 1. The van der Waals surface area contributed by atoms with Gasteiger partial charge in [0, 0.05) is 30.7 Å². The third-order valence-electron chi connectivity index (χ3n) is 4.81. The fourth-order valence-corrected chi connectivity index (χ4v) is 3.38. The molecule has 2 aromatic heterocycles. The maximum absolute atomic E-state index is 13.0. The second-order valence-corrected chi connectivity index (χ2v) is 6.76. The van der Waals surface area contributed by atoms with E-state index in [0.717, 1.165) is 54.2 Å². The lowest BCUT2D eigenvalue weighted by atomic mass is 10.2. The van der Waals surface area contributed by atoms with Gasteiger partial charge in [0.15, 0.2) is 0 Å². The highest BCUT2D eigenvalue weighted by Gasteiger charge is 2.19. The van der Waals surface area contributed by atoms with Gasteiger partial charge in [-0.1, -0.05) is 13.3 Å². The number of hydrogen-bond donors (Lipinski definition) is 1. The molecule has 0 unspecified atom stereocenters. The molecule has 0 fully saturated rings. The van der Waals surface area contributed by atoms with Crippen molar-refractivity contribution in [2.45, 2.75) is 40.5 Å². The Bertz CT molecular complexity index is 923. The van der Waals surface area contributed by atoms with Crippen LogP contribution in [0.2, 0.25) is 0 Å². The quantitative estimate of drug-likeness (QED) is 0.661. The van der Waals surface area contributed by atoms with Crippen LogP contribution in [-0.4, -0.2) is 28.4 Å². The van der Waals surface area contributed by atoms with E-state index in [9.17, 15) is 4.79 Å². The van der Waals surface area contributed by atoms with Gasteiger partial charge in [0.2, 0.25) is 0 Å². The van der Waals surface area contributed by atoms with Gasteiger partial charge in [-0.2, -0.15) is 0 Å². The second kappa shape index (κ2) is 8.25. The van der Waals surface area contributed by atoms with Crippen molar-refractivity contribution < 1.29 is 4.79 Å². The number of nitrogens with one attached hydrogen (secondary N) is 1. The Balaban J connectivity index is 1.88. The number of carbonyl (C=O) groups is 1. The first kappa shape index (κ1) is 19.0. The lowest BCUT2D eigenvalue weighted by molar-refractivity contribution is 0.102. The first-order valence-electron chi connectivity index (χ1n) is 9.71. The monoisotopic (exact) mass is 364 g/mol. The minimum Gasteiger partial charge on any atom is -0.372 e. The zero-order valence-corrected chi connectivity index (χ0v) is 16.6. The van der Waals surface area contributed by atoms with Crippen LogP contribution in [0.3, 0.4) is 0 Å². The molecule has 3 rings (SSSR count). The SMILES string of the molecule is CCCc1nc2cc(C)ccn2c1C(=O)Nc1ccc(N(CC)CC)cc1. The Kier molecular flexibility index (Phi) is 5.79. The summed E-state index contributed by atoms with van der Waals surface area (Å²) in [6, 6.07) is 12.0. The van der Waals surface area contributed by atoms with Crippen LogP contribution in [0, 0.1) is 6.92 Å². The molecule has 0 radical (unpaired) electrons. The summed E-state index contributed by atoms with van der Waals surface area (Å²) in [4.78, 5) is 20.0. The van der Waals surface area contributed by atoms with E-state index in [0.29, 0.717) is 5.69 Å². The second-order valence-electron chi connectivity index (χ2n) is 6.76. The molecule has 0 saturated carbocycles.